The Kier molecular flexibility index (Phi) is 4.58. The van der Waals surface area contributed by atoms with Gasteiger partial charge in [0.2, 0.25) is 0 Å². The fourth-order valence-corrected chi connectivity index (χ4v) is 2.23. The molecule has 0 aliphatic rings. The Morgan fingerprint density at radius 1 is 1.10 bits per heavy atom. The number of carbonyl (C=O) groups is 1. The first kappa shape index (κ1) is 15.0. The van der Waals surface area contributed by atoms with E-state index >= 15 is 0 Å². The van der Waals surface area contributed by atoms with Crippen molar-refractivity contribution in [1.29, 1.82) is 0 Å². The number of carbonyl (C=O) groups excluding carboxylic acids is 1. The predicted octanol–water partition coefficient (Wildman–Crippen LogP) is 3.77. The Hall–Kier alpha value is -2.36. The van der Waals surface area contributed by atoms with Gasteiger partial charge in [0.1, 0.15) is 11.6 Å². The van der Waals surface area contributed by atoms with Crippen molar-refractivity contribution in [2.24, 2.45) is 0 Å². The molecule has 1 N–H and O–H groups in total. The number of nitrogens with one attached hydrogen (secondary N) is 1. The molecular formula is C17H18FNO2. The molecule has 3 nitrogen and oxygen atoms in total. The summed E-state index contributed by atoms with van der Waals surface area (Å²) in [6.07, 6.45) is 0. The molecule has 110 valence electrons. The number of anilines is 1. The molecule has 0 atom stereocenters. The van der Waals surface area contributed by atoms with Crippen LogP contribution in [0.3, 0.4) is 0 Å². The first-order valence-corrected chi connectivity index (χ1v) is 6.72. The molecule has 0 saturated carbocycles. The van der Waals surface area contributed by atoms with Gasteiger partial charge in [-0.25, -0.2) is 4.39 Å². The van der Waals surface area contributed by atoms with Crippen LogP contribution in [0.1, 0.15) is 16.7 Å². The van der Waals surface area contributed by atoms with Gasteiger partial charge in [-0.3, -0.25) is 4.79 Å². The van der Waals surface area contributed by atoms with Gasteiger partial charge < -0.3 is 10.1 Å². The second-order valence-electron chi connectivity index (χ2n) is 5.06. The first-order valence-electron chi connectivity index (χ1n) is 6.72. The lowest BCUT2D eigenvalue weighted by atomic mass is 10.1. The molecule has 0 heterocycles. The van der Waals surface area contributed by atoms with Gasteiger partial charge >= 0.3 is 0 Å². The average Bonchev–Trinajstić information content (AvgIpc) is 2.42. The Balaban J connectivity index is 1.97. The SMILES string of the molecule is Cc1cc(C)c(NC(=O)COc2ccc(F)cc2)c(C)c1. The van der Waals surface area contributed by atoms with E-state index in [2.05, 4.69) is 5.32 Å². The number of amides is 1. The second-order valence-corrected chi connectivity index (χ2v) is 5.06. The molecule has 2 rings (SSSR count). The number of benzene rings is 2. The highest BCUT2D eigenvalue weighted by Gasteiger charge is 2.09. The summed E-state index contributed by atoms with van der Waals surface area (Å²) >= 11 is 0. The molecule has 21 heavy (non-hydrogen) atoms. The molecule has 0 spiro atoms. The topological polar surface area (TPSA) is 38.3 Å². The van der Waals surface area contributed by atoms with Crippen LogP contribution in [0.4, 0.5) is 10.1 Å². The number of ether oxygens (including phenoxy) is 1. The van der Waals surface area contributed by atoms with Crippen LogP contribution in [-0.4, -0.2) is 12.5 Å². The fraction of sp³-hybridized carbons (Fsp3) is 0.235. The number of aryl methyl sites for hydroxylation is 3. The maximum Gasteiger partial charge on any atom is 0.262 e. The van der Waals surface area contributed by atoms with E-state index in [0.29, 0.717) is 5.75 Å². The quantitative estimate of drug-likeness (QED) is 0.929. The molecule has 0 radical (unpaired) electrons. The van der Waals surface area contributed by atoms with E-state index in [0.717, 1.165) is 22.4 Å². The monoisotopic (exact) mass is 287 g/mol. The number of hydrogen-bond acceptors (Lipinski definition) is 2. The second kappa shape index (κ2) is 6.39. The third kappa shape index (κ3) is 4.05. The zero-order valence-electron chi connectivity index (χ0n) is 12.4. The Labute approximate surface area is 123 Å². The van der Waals surface area contributed by atoms with E-state index in [1.165, 1.54) is 24.3 Å². The average molecular weight is 287 g/mol. The maximum absolute atomic E-state index is 12.8. The molecule has 0 saturated heterocycles. The van der Waals surface area contributed by atoms with Crippen molar-refractivity contribution in [3.8, 4) is 5.75 Å². The largest absolute Gasteiger partial charge is 0.484 e. The van der Waals surface area contributed by atoms with Crippen molar-refractivity contribution < 1.29 is 13.9 Å². The van der Waals surface area contributed by atoms with Crippen LogP contribution in [0.25, 0.3) is 0 Å². The van der Waals surface area contributed by atoms with Crippen molar-refractivity contribution in [2.75, 3.05) is 11.9 Å². The first-order chi connectivity index (χ1) is 9.95. The standard InChI is InChI=1S/C17H18FNO2/c1-11-8-12(2)17(13(3)9-11)19-16(20)10-21-15-6-4-14(18)5-7-15/h4-9H,10H2,1-3H3,(H,19,20). The summed E-state index contributed by atoms with van der Waals surface area (Å²) in [5.74, 6) is -0.115. The van der Waals surface area contributed by atoms with Gasteiger partial charge in [-0.15, -0.1) is 0 Å². The Morgan fingerprint density at radius 3 is 2.24 bits per heavy atom. The van der Waals surface area contributed by atoms with Gasteiger partial charge in [0.15, 0.2) is 6.61 Å². The third-order valence-electron chi connectivity index (χ3n) is 3.13. The minimum atomic E-state index is -0.335. The van der Waals surface area contributed by atoms with E-state index in [1.54, 1.807) is 0 Å². The molecule has 2 aromatic carbocycles. The van der Waals surface area contributed by atoms with E-state index in [9.17, 15) is 9.18 Å². The zero-order chi connectivity index (χ0) is 15.4. The molecule has 2 aromatic rings. The minimum absolute atomic E-state index is 0.113. The molecule has 4 heteroatoms. The van der Waals surface area contributed by atoms with Crippen molar-refractivity contribution in [2.45, 2.75) is 20.8 Å². The molecule has 0 fully saturated rings. The summed E-state index contributed by atoms with van der Waals surface area (Å²) in [4.78, 5) is 11.9. The summed E-state index contributed by atoms with van der Waals surface area (Å²) < 4.78 is 18.1. The van der Waals surface area contributed by atoms with Gasteiger partial charge in [-0.1, -0.05) is 17.7 Å². The number of rotatable bonds is 4. The molecule has 0 aliphatic carbocycles. The van der Waals surface area contributed by atoms with E-state index in [1.807, 2.05) is 32.9 Å². The molecular weight excluding hydrogens is 269 g/mol. The lowest BCUT2D eigenvalue weighted by Crippen LogP contribution is -2.21. The smallest absolute Gasteiger partial charge is 0.262 e. The van der Waals surface area contributed by atoms with Crippen LogP contribution in [0.2, 0.25) is 0 Å². The van der Waals surface area contributed by atoms with Crippen LogP contribution in [-0.2, 0) is 4.79 Å². The molecule has 0 bridgehead atoms. The van der Waals surface area contributed by atoms with E-state index < -0.39 is 0 Å². The number of hydrogen-bond donors (Lipinski definition) is 1. The van der Waals surface area contributed by atoms with Crippen LogP contribution in [0, 0.1) is 26.6 Å². The Bertz CT molecular complexity index is 627. The molecule has 0 unspecified atom stereocenters. The van der Waals surface area contributed by atoms with Crippen LogP contribution >= 0.6 is 0 Å². The van der Waals surface area contributed by atoms with Crippen molar-refractivity contribution in [3.05, 3.63) is 58.9 Å². The zero-order valence-corrected chi connectivity index (χ0v) is 12.4. The van der Waals surface area contributed by atoms with Crippen LogP contribution < -0.4 is 10.1 Å². The highest BCUT2D eigenvalue weighted by atomic mass is 19.1. The normalized spacial score (nSPS) is 10.3. The number of halogens is 1. The van der Waals surface area contributed by atoms with E-state index in [4.69, 9.17) is 4.74 Å². The van der Waals surface area contributed by atoms with Gasteiger partial charge in [-0.05, 0) is 56.2 Å². The van der Waals surface area contributed by atoms with E-state index in [-0.39, 0.29) is 18.3 Å². The highest BCUT2D eigenvalue weighted by molar-refractivity contribution is 5.93. The maximum atomic E-state index is 12.8. The summed E-state index contributed by atoms with van der Waals surface area (Å²) in [5, 5.41) is 2.85. The van der Waals surface area contributed by atoms with Crippen molar-refractivity contribution in [1.82, 2.24) is 0 Å². The molecule has 1 amide bonds. The van der Waals surface area contributed by atoms with Gasteiger partial charge in [0.25, 0.3) is 5.91 Å². The Morgan fingerprint density at radius 2 is 1.67 bits per heavy atom. The van der Waals surface area contributed by atoms with Crippen molar-refractivity contribution in [3.63, 3.8) is 0 Å². The minimum Gasteiger partial charge on any atom is -0.484 e. The fourth-order valence-electron chi connectivity index (χ4n) is 2.23. The van der Waals surface area contributed by atoms with Gasteiger partial charge in [-0.2, -0.15) is 0 Å². The van der Waals surface area contributed by atoms with Gasteiger partial charge in [0.05, 0.1) is 0 Å². The summed E-state index contributed by atoms with van der Waals surface area (Å²) in [7, 11) is 0. The van der Waals surface area contributed by atoms with Crippen molar-refractivity contribution >= 4 is 11.6 Å². The molecule has 0 aromatic heterocycles. The predicted molar refractivity (Wildman–Crippen MR) is 81.2 cm³/mol. The van der Waals surface area contributed by atoms with Crippen LogP contribution in [0.5, 0.6) is 5.75 Å². The third-order valence-corrected chi connectivity index (χ3v) is 3.13. The molecule has 0 aliphatic heterocycles. The highest BCUT2D eigenvalue weighted by Crippen LogP contribution is 2.21. The summed E-state index contributed by atoms with van der Waals surface area (Å²) in [6, 6.07) is 9.60. The summed E-state index contributed by atoms with van der Waals surface area (Å²) in [6.45, 7) is 5.81. The van der Waals surface area contributed by atoms with Crippen LogP contribution in [0.15, 0.2) is 36.4 Å². The summed E-state index contributed by atoms with van der Waals surface area (Å²) in [5.41, 5.74) is 4.00. The lowest BCUT2D eigenvalue weighted by molar-refractivity contribution is -0.118. The lowest BCUT2D eigenvalue weighted by Gasteiger charge is -2.13. The van der Waals surface area contributed by atoms with Gasteiger partial charge in [0, 0.05) is 5.69 Å².